The Balaban J connectivity index is 1.37. The zero-order valence-corrected chi connectivity index (χ0v) is 17.5. The number of nitrogens with zero attached hydrogens (tertiary/aromatic N) is 4. The Morgan fingerprint density at radius 2 is 2.07 bits per heavy atom. The molecule has 1 aromatic carbocycles. The second-order valence-electron chi connectivity index (χ2n) is 7.63. The maximum atomic E-state index is 12.7. The summed E-state index contributed by atoms with van der Waals surface area (Å²) in [5, 5.41) is 8.26. The van der Waals surface area contributed by atoms with Crippen molar-refractivity contribution in [2.75, 3.05) is 24.5 Å². The molecule has 1 aliphatic rings. The van der Waals surface area contributed by atoms with Crippen LogP contribution in [0.1, 0.15) is 29.7 Å². The zero-order chi connectivity index (χ0) is 20.4. The van der Waals surface area contributed by atoms with Gasteiger partial charge in [-0.1, -0.05) is 41.2 Å². The Hall–Kier alpha value is -2.74. The van der Waals surface area contributed by atoms with E-state index in [9.17, 15) is 9.59 Å². The summed E-state index contributed by atoms with van der Waals surface area (Å²) in [6.45, 7) is 5.96. The van der Waals surface area contributed by atoms with E-state index in [0.717, 1.165) is 30.9 Å². The average molecular weight is 412 g/mol. The molecular weight excluding hydrogens is 386 g/mol. The van der Waals surface area contributed by atoms with Gasteiger partial charge in [0.2, 0.25) is 16.0 Å². The number of fused-ring (bicyclic) bond motifs is 1. The van der Waals surface area contributed by atoms with Crippen LogP contribution in [0.25, 0.3) is 4.96 Å². The van der Waals surface area contributed by atoms with Crippen LogP contribution >= 0.6 is 11.3 Å². The van der Waals surface area contributed by atoms with Crippen LogP contribution in [0.2, 0.25) is 0 Å². The van der Waals surface area contributed by atoms with Crippen LogP contribution in [0.3, 0.4) is 0 Å². The number of hydrogen-bond acceptors (Lipinski definition) is 6. The number of benzene rings is 1. The second-order valence-corrected chi connectivity index (χ2v) is 8.56. The van der Waals surface area contributed by atoms with Crippen molar-refractivity contribution in [1.29, 1.82) is 0 Å². The predicted octanol–water partition coefficient (Wildman–Crippen LogP) is 2.34. The van der Waals surface area contributed by atoms with Crippen molar-refractivity contribution in [1.82, 2.24) is 19.9 Å². The molecule has 152 valence electrons. The second kappa shape index (κ2) is 8.32. The van der Waals surface area contributed by atoms with E-state index in [2.05, 4.69) is 51.5 Å². The highest BCUT2D eigenvalue weighted by atomic mass is 32.1. The topological polar surface area (TPSA) is 79.6 Å². The number of piperidine rings is 1. The van der Waals surface area contributed by atoms with Gasteiger partial charge in [0, 0.05) is 31.4 Å². The number of hydrogen-bond donors (Lipinski definition) is 1. The summed E-state index contributed by atoms with van der Waals surface area (Å²) in [5.74, 6) is 0.0225. The maximum Gasteiger partial charge on any atom is 0.275 e. The van der Waals surface area contributed by atoms with E-state index in [-0.39, 0.29) is 17.4 Å². The van der Waals surface area contributed by atoms with Gasteiger partial charge >= 0.3 is 0 Å². The highest BCUT2D eigenvalue weighted by Crippen LogP contribution is 2.27. The SMILES string of the molecule is Cc1ccc(CCNC(=O)[C@H]2CCCN(c3nn4c(=O)cc(C)nc4s3)C2)cc1. The standard InChI is InChI=1S/C21H25N5O2S/c1-14-5-7-16(8-6-14)9-10-22-19(28)17-4-3-11-25(13-17)21-24-26-18(27)12-15(2)23-20(26)29-21/h5-8,12,17H,3-4,9-11,13H2,1-2H3,(H,22,28)/t17-/m0/s1. The molecule has 7 nitrogen and oxygen atoms in total. The summed E-state index contributed by atoms with van der Waals surface area (Å²) in [6.07, 6.45) is 2.62. The molecule has 2 aromatic heterocycles. The molecule has 1 fully saturated rings. The summed E-state index contributed by atoms with van der Waals surface area (Å²) in [4.78, 5) is 31.9. The minimum absolute atomic E-state index is 0.0693. The Kier molecular flexibility index (Phi) is 5.62. The summed E-state index contributed by atoms with van der Waals surface area (Å²) in [6, 6.07) is 9.88. The van der Waals surface area contributed by atoms with Crippen molar-refractivity contribution in [3.05, 3.63) is 57.5 Å². The van der Waals surface area contributed by atoms with Crippen molar-refractivity contribution in [2.24, 2.45) is 5.92 Å². The van der Waals surface area contributed by atoms with Gasteiger partial charge in [-0.2, -0.15) is 4.52 Å². The molecule has 0 spiro atoms. The van der Waals surface area contributed by atoms with Crippen LogP contribution in [0.15, 0.2) is 35.1 Å². The van der Waals surface area contributed by atoms with E-state index in [1.807, 2.05) is 0 Å². The summed E-state index contributed by atoms with van der Waals surface area (Å²) < 4.78 is 1.35. The third-order valence-corrected chi connectivity index (χ3v) is 6.23. The van der Waals surface area contributed by atoms with Crippen LogP contribution in [0, 0.1) is 19.8 Å². The molecule has 0 aliphatic carbocycles. The van der Waals surface area contributed by atoms with E-state index >= 15 is 0 Å². The van der Waals surface area contributed by atoms with Crippen molar-refractivity contribution in [2.45, 2.75) is 33.1 Å². The maximum absolute atomic E-state index is 12.7. The Morgan fingerprint density at radius 3 is 2.86 bits per heavy atom. The molecule has 1 saturated heterocycles. The first kappa shape index (κ1) is 19.6. The van der Waals surface area contributed by atoms with Crippen LogP contribution < -0.4 is 15.8 Å². The number of aromatic nitrogens is 3. The lowest BCUT2D eigenvalue weighted by Gasteiger charge is -2.31. The first-order valence-electron chi connectivity index (χ1n) is 9.95. The number of anilines is 1. The van der Waals surface area contributed by atoms with Gasteiger partial charge in [0.1, 0.15) is 0 Å². The molecule has 0 saturated carbocycles. The number of nitrogens with one attached hydrogen (secondary N) is 1. The molecule has 1 amide bonds. The van der Waals surface area contributed by atoms with Crippen molar-refractivity contribution in [3.63, 3.8) is 0 Å². The van der Waals surface area contributed by atoms with E-state index in [4.69, 9.17) is 0 Å². The third-order valence-electron chi connectivity index (χ3n) is 5.26. The van der Waals surface area contributed by atoms with Crippen LogP contribution in [0.4, 0.5) is 5.13 Å². The van der Waals surface area contributed by atoms with Crippen molar-refractivity contribution >= 4 is 27.3 Å². The Bertz CT molecular complexity index is 1070. The number of carbonyl (C=O) groups excluding carboxylic acids is 1. The van der Waals surface area contributed by atoms with Gasteiger partial charge in [0.25, 0.3) is 5.56 Å². The van der Waals surface area contributed by atoms with E-state index in [0.29, 0.717) is 23.7 Å². The predicted molar refractivity (Wildman–Crippen MR) is 115 cm³/mol. The van der Waals surface area contributed by atoms with Gasteiger partial charge in [-0.15, -0.1) is 5.10 Å². The van der Waals surface area contributed by atoms with Crippen molar-refractivity contribution < 1.29 is 4.79 Å². The van der Waals surface area contributed by atoms with Gasteiger partial charge < -0.3 is 10.2 Å². The molecule has 3 aromatic rings. The third kappa shape index (κ3) is 4.48. The van der Waals surface area contributed by atoms with Crippen molar-refractivity contribution in [3.8, 4) is 0 Å². The summed E-state index contributed by atoms with van der Waals surface area (Å²) in [7, 11) is 0. The number of amides is 1. The quantitative estimate of drug-likeness (QED) is 0.697. The van der Waals surface area contributed by atoms with Gasteiger partial charge in [-0.05, 0) is 38.7 Å². The van der Waals surface area contributed by atoms with Gasteiger partial charge in [-0.3, -0.25) is 9.59 Å². The molecule has 0 radical (unpaired) electrons. The first-order chi connectivity index (χ1) is 14.0. The highest BCUT2D eigenvalue weighted by Gasteiger charge is 2.27. The lowest BCUT2D eigenvalue weighted by molar-refractivity contribution is -0.125. The molecule has 4 rings (SSSR count). The van der Waals surface area contributed by atoms with Crippen LogP contribution in [-0.4, -0.2) is 40.1 Å². The molecule has 29 heavy (non-hydrogen) atoms. The molecule has 1 atom stereocenters. The van der Waals surface area contributed by atoms with E-state index < -0.39 is 0 Å². The molecule has 3 heterocycles. The van der Waals surface area contributed by atoms with E-state index in [1.54, 1.807) is 6.92 Å². The monoisotopic (exact) mass is 411 g/mol. The van der Waals surface area contributed by atoms with Gasteiger partial charge in [0.05, 0.1) is 5.92 Å². The molecule has 1 aliphatic heterocycles. The lowest BCUT2D eigenvalue weighted by atomic mass is 9.97. The molecule has 0 unspecified atom stereocenters. The van der Waals surface area contributed by atoms with Gasteiger partial charge in [0.15, 0.2) is 0 Å². The largest absolute Gasteiger partial charge is 0.355 e. The first-order valence-corrected chi connectivity index (χ1v) is 10.8. The minimum atomic E-state index is -0.169. The molecular formula is C21H25N5O2S. The van der Waals surface area contributed by atoms with Crippen LogP contribution in [-0.2, 0) is 11.2 Å². The van der Waals surface area contributed by atoms with E-state index in [1.165, 1.54) is 33.0 Å². The van der Waals surface area contributed by atoms with Crippen LogP contribution in [0.5, 0.6) is 0 Å². The fraction of sp³-hybridized carbons (Fsp3) is 0.429. The Labute approximate surface area is 173 Å². The smallest absolute Gasteiger partial charge is 0.275 e. The summed E-state index contributed by atoms with van der Waals surface area (Å²) in [5.41, 5.74) is 2.98. The number of aryl methyl sites for hydroxylation is 2. The highest BCUT2D eigenvalue weighted by molar-refractivity contribution is 7.20. The van der Waals surface area contributed by atoms with Gasteiger partial charge in [-0.25, -0.2) is 4.98 Å². The lowest BCUT2D eigenvalue weighted by Crippen LogP contribution is -2.43. The number of rotatable bonds is 5. The molecule has 1 N–H and O–H groups in total. The summed E-state index contributed by atoms with van der Waals surface area (Å²) >= 11 is 1.40. The Morgan fingerprint density at radius 1 is 1.28 bits per heavy atom. The fourth-order valence-electron chi connectivity index (χ4n) is 3.63. The fourth-order valence-corrected chi connectivity index (χ4v) is 4.62. The average Bonchev–Trinajstić information content (AvgIpc) is 3.14. The number of carbonyl (C=O) groups is 1. The zero-order valence-electron chi connectivity index (χ0n) is 16.7. The molecule has 0 bridgehead atoms. The molecule has 8 heteroatoms. The minimum Gasteiger partial charge on any atom is -0.355 e. The normalized spacial score (nSPS) is 16.9.